The summed E-state index contributed by atoms with van der Waals surface area (Å²) >= 11 is 0. The number of halogens is 1. The fraction of sp³-hybridized carbons (Fsp3) is 0.333. The quantitative estimate of drug-likeness (QED) is 0.934. The van der Waals surface area contributed by atoms with Crippen molar-refractivity contribution in [1.29, 1.82) is 0 Å². The minimum Gasteiger partial charge on any atom is -0.480 e. The van der Waals surface area contributed by atoms with Crippen LogP contribution in [-0.4, -0.2) is 20.9 Å². The van der Waals surface area contributed by atoms with E-state index in [4.69, 9.17) is 5.11 Å². The maximum Gasteiger partial charge on any atom is 0.325 e. The van der Waals surface area contributed by atoms with Gasteiger partial charge in [-0.2, -0.15) is 5.10 Å². The first-order chi connectivity index (χ1) is 9.42. The van der Waals surface area contributed by atoms with Crippen molar-refractivity contribution in [3.8, 4) is 11.3 Å². The molecule has 20 heavy (non-hydrogen) atoms. The Labute approximate surface area is 116 Å². The van der Waals surface area contributed by atoms with E-state index >= 15 is 0 Å². The fourth-order valence-corrected chi connectivity index (χ4v) is 2.24. The number of aromatic nitrogens is 2. The van der Waals surface area contributed by atoms with E-state index in [2.05, 4.69) is 5.10 Å². The Morgan fingerprint density at radius 3 is 2.40 bits per heavy atom. The molecule has 106 valence electrons. The summed E-state index contributed by atoms with van der Waals surface area (Å²) in [5.74, 6) is -1.14. The van der Waals surface area contributed by atoms with Crippen molar-refractivity contribution in [3.63, 3.8) is 0 Å². The Kier molecular flexibility index (Phi) is 3.88. The molecule has 4 nitrogen and oxygen atoms in total. The van der Waals surface area contributed by atoms with Crippen molar-refractivity contribution in [2.24, 2.45) is 0 Å². The molecule has 2 rings (SSSR count). The van der Waals surface area contributed by atoms with Gasteiger partial charge in [0.05, 0.1) is 5.69 Å². The molecule has 0 saturated heterocycles. The first-order valence-electron chi connectivity index (χ1n) is 6.48. The standard InChI is InChI=1S/C15H17FN2O2/c1-4-12-7-13(17-18(12)8-14(19)20)11-5-9(2)15(16)10(3)6-11/h5-7H,4,8H2,1-3H3,(H,19,20). The predicted molar refractivity (Wildman–Crippen MR) is 74.1 cm³/mol. The van der Waals surface area contributed by atoms with Crippen LogP contribution in [0.1, 0.15) is 23.7 Å². The van der Waals surface area contributed by atoms with Crippen LogP contribution >= 0.6 is 0 Å². The largest absolute Gasteiger partial charge is 0.480 e. The lowest BCUT2D eigenvalue weighted by Crippen LogP contribution is -2.12. The number of hydrogen-bond acceptors (Lipinski definition) is 2. The third-order valence-corrected chi connectivity index (χ3v) is 3.24. The Morgan fingerprint density at radius 1 is 1.30 bits per heavy atom. The van der Waals surface area contributed by atoms with Gasteiger partial charge in [-0.15, -0.1) is 0 Å². The van der Waals surface area contributed by atoms with E-state index in [1.807, 2.05) is 13.0 Å². The second-order valence-corrected chi connectivity index (χ2v) is 4.85. The molecule has 1 aromatic carbocycles. The maximum absolute atomic E-state index is 13.6. The highest BCUT2D eigenvalue weighted by atomic mass is 19.1. The van der Waals surface area contributed by atoms with Crippen molar-refractivity contribution >= 4 is 5.97 Å². The summed E-state index contributed by atoms with van der Waals surface area (Å²) in [5.41, 5.74) is 3.45. The molecule has 0 amide bonds. The van der Waals surface area contributed by atoms with Crippen LogP contribution in [0.2, 0.25) is 0 Å². The number of hydrogen-bond donors (Lipinski definition) is 1. The Morgan fingerprint density at radius 2 is 1.90 bits per heavy atom. The average Bonchev–Trinajstić information content (AvgIpc) is 2.77. The van der Waals surface area contributed by atoms with Crippen LogP contribution in [0.15, 0.2) is 18.2 Å². The summed E-state index contributed by atoms with van der Waals surface area (Å²) in [4.78, 5) is 10.8. The van der Waals surface area contributed by atoms with Crippen LogP contribution in [0.5, 0.6) is 0 Å². The third-order valence-electron chi connectivity index (χ3n) is 3.24. The van der Waals surface area contributed by atoms with E-state index in [1.54, 1.807) is 26.0 Å². The molecule has 0 aliphatic rings. The SMILES string of the molecule is CCc1cc(-c2cc(C)c(F)c(C)c2)nn1CC(=O)O. The highest BCUT2D eigenvalue weighted by Gasteiger charge is 2.13. The van der Waals surface area contributed by atoms with Gasteiger partial charge >= 0.3 is 5.97 Å². The van der Waals surface area contributed by atoms with Gasteiger partial charge in [0.1, 0.15) is 12.4 Å². The lowest BCUT2D eigenvalue weighted by Gasteiger charge is -2.04. The molecule has 0 aliphatic heterocycles. The molecular weight excluding hydrogens is 259 g/mol. The number of nitrogens with zero attached hydrogens (tertiary/aromatic N) is 2. The van der Waals surface area contributed by atoms with E-state index in [0.29, 0.717) is 23.2 Å². The van der Waals surface area contributed by atoms with Crippen molar-refractivity contribution in [2.45, 2.75) is 33.7 Å². The van der Waals surface area contributed by atoms with Gasteiger partial charge in [0.2, 0.25) is 0 Å². The van der Waals surface area contributed by atoms with Crippen LogP contribution < -0.4 is 0 Å². The van der Waals surface area contributed by atoms with E-state index < -0.39 is 5.97 Å². The van der Waals surface area contributed by atoms with Gasteiger partial charge in [0.25, 0.3) is 0 Å². The number of carboxylic acid groups (broad SMARTS) is 1. The Balaban J connectivity index is 2.48. The second-order valence-electron chi connectivity index (χ2n) is 4.85. The van der Waals surface area contributed by atoms with Crippen molar-refractivity contribution < 1.29 is 14.3 Å². The number of rotatable bonds is 4. The van der Waals surface area contributed by atoms with Crippen molar-refractivity contribution in [1.82, 2.24) is 9.78 Å². The van der Waals surface area contributed by atoms with Gasteiger partial charge in [-0.05, 0) is 49.6 Å². The number of benzene rings is 1. The molecule has 0 fully saturated rings. The van der Waals surface area contributed by atoms with Crippen LogP contribution in [0.4, 0.5) is 4.39 Å². The zero-order chi connectivity index (χ0) is 14.9. The fourth-order valence-electron chi connectivity index (χ4n) is 2.24. The Hall–Kier alpha value is -2.17. The molecular formula is C15H17FN2O2. The highest BCUT2D eigenvalue weighted by molar-refractivity contribution is 5.67. The smallest absolute Gasteiger partial charge is 0.325 e. The molecule has 0 atom stereocenters. The van der Waals surface area contributed by atoms with Gasteiger partial charge < -0.3 is 5.11 Å². The molecule has 1 heterocycles. The van der Waals surface area contributed by atoms with Crippen LogP contribution in [0.25, 0.3) is 11.3 Å². The summed E-state index contributed by atoms with van der Waals surface area (Å²) < 4.78 is 15.1. The molecule has 5 heteroatoms. The van der Waals surface area contributed by atoms with Gasteiger partial charge in [0.15, 0.2) is 0 Å². The summed E-state index contributed by atoms with van der Waals surface area (Å²) in [6, 6.07) is 5.32. The van der Waals surface area contributed by atoms with Gasteiger partial charge in [-0.25, -0.2) is 4.39 Å². The van der Waals surface area contributed by atoms with E-state index in [-0.39, 0.29) is 12.4 Å². The average molecular weight is 276 g/mol. The molecule has 0 aliphatic carbocycles. The van der Waals surface area contributed by atoms with Crippen molar-refractivity contribution in [2.75, 3.05) is 0 Å². The predicted octanol–water partition coefficient (Wildman–Crippen LogP) is 2.95. The topological polar surface area (TPSA) is 55.1 Å². The number of aliphatic carboxylic acids is 1. The molecule has 0 saturated carbocycles. The molecule has 0 spiro atoms. The molecule has 0 radical (unpaired) electrons. The first kappa shape index (κ1) is 14.2. The summed E-state index contributed by atoms with van der Waals surface area (Å²) in [5, 5.41) is 13.2. The molecule has 0 bridgehead atoms. The third kappa shape index (κ3) is 2.71. The zero-order valence-corrected chi connectivity index (χ0v) is 11.8. The van der Waals surface area contributed by atoms with Crippen LogP contribution in [-0.2, 0) is 17.8 Å². The highest BCUT2D eigenvalue weighted by Crippen LogP contribution is 2.24. The normalized spacial score (nSPS) is 10.8. The van der Waals surface area contributed by atoms with Crippen molar-refractivity contribution in [3.05, 3.63) is 40.8 Å². The minimum atomic E-state index is -0.930. The van der Waals surface area contributed by atoms with Crippen LogP contribution in [0.3, 0.4) is 0 Å². The molecule has 0 unspecified atom stereocenters. The maximum atomic E-state index is 13.6. The van der Waals surface area contributed by atoms with E-state index in [9.17, 15) is 9.18 Å². The number of aryl methyl sites for hydroxylation is 3. The zero-order valence-electron chi connectivity index (χ0n) is 11.8. The molecule has 1 N–H and O–H groups in total. The minimum absolute atomic E-state index is 0.164. The van der Waals surface area contributed by atoms with E-state index in [0.717, 1.165) is 11.3 Å². The number of carbonyl (C=O) groups is 1. The van der Waals surface area contributed by atoms with Gasteiger partial charge in [-0.3, -0.25) is 9.48 Å². The Bertz CT molecular complexity index is 639. The van der Waals surface area contributed by atoms with E-state index in [1.165, 1.54) is 4.68 Å². The lowest BCUT2D eigenvalue weighted by molar-refractivity contribution is -0.137. The summed E-state index contributed by atoms with van der Waals surface area (Å²) in [6.07, 6.45) is 0.694. The van der Waals surface area contributed by atoms with Crippen LogP contribution in [0, 0.1) is 19.7 Å². The van der Waals surface area contributed by atoms with Gasteiger partial charge in [-0.1, -0.05) is 6.92 Å². The molecule has 1 aromatic heterocycles. The number of carboxylic acids is 1. The van der Waals surface area contributed by atoms with Gasteiger partial charge in [0, 0.05) is 11.3 Å². The molecule has 2 aromatic rings. The summed E-state index contributed by atoms with van der Waals surface area (Å²) in [7, 11) is 0. The first-order valence-corrected chi connectivity index (χ1v) is 6.48. The monoisotopic (exact) mass is 276 g/mol. The second kappa shape index (κ2) is 5.45. The lowest BCUT2D eigenvalue weighted by atomic mass is 10.0. The summed E-state index contributed by atoms with van der Waals surface area (Å²) in [6.45, 7) is 5.20.